The summed E-state index contributed by atoms with van der Waals surface area (Å²) in [6.07, 6.45) is 8.73. The molecule has 0 spiro atoms. The highest BCUT2D eigenvalue weighted by Gasteiger charge is 2.18. The van der Waals surface area contributed by atoms with Crippen LogP contribution in [0, 0.1) is 12.8 Å². The van der Waals surface area contributed by atoms with Crippen LogP contribution in [-0.4, -0.2) is 21.6 Å². The van der Waals surface area contributed by atoms with Crippen LogP contribution in [0.4, 0.5) is 0 Å². The van der Waals surface area contributed by atoms with Crippen LogP contribution >= 0.6 is 11.3 Å². The number of hydrogen-bond acceptors (Lipinski definition) is 5. The SMILES string of the molecule is Cc1csc2c(OCC3CCCC3)nc(-c3ccncc3)nc12. The van der Waals surface area contributed by atoms with Crippen molar-refractivity contribution in [3.8, 4) is 17.3 Å². The van der Waals surface area contributed by atoms with Crippen molar-refractivity contribution in [2.24, 2.45) is 5.92 Å². The number of aryl methyl sites for hydroxylation is 1. The minimum Gasteiger partial charge on any atom is -0.476 e. The lowest BCUT2D eigenvalue weighted by atomic mass is 10.1. The summed E-state index contributed by atoms with van der Waals surface area (Å²) >= 11 is 1.66. The van der Waals surface area contributed by atoms with Crippen LogP contribution in [-0.2, 0) is 0 Å². The van der Waals surface area contributed by atoms with Gasteiger partial charge in [0.15, 0.2) is 5.82 Å². The Hall–Kier alpha value is -2.01. The largest absolute Gasteiger partial charge is 0.476 e. The average Bonchev–Trinajstić information content (AvgIpc) is 3.24. The van der Waals surface area contributed by atoms with Crippen molar-refractivity contribution in [1.82, 2.24) is 15.0 Å². The van der Waals surface area contributed by atoms with E-state index in [1.54, 1.807) is 23.7 Å². The summed E-state index contributed by atoms with van der Waals surface area (Å²) in [6.45, 7) is 2.85. The van der Waals surface area contributed by atoms with Gasteiger partial charge >= 0.3 is 0 Å². The van der Waals surface area contributed by atoms with Crippen molar-refractivity contribution >= 4 is 21.6 Å². The van der Waals surface area contributed by atoms with E-state index in [-0.39, 0.29) is 0 Å². The van der Waals surface area contributed by atoms with Gasteiger partial charge in [-0.2, -0.15) is 4.98 Å². The fourth-order valence-electron chi connectivity index (χ4n) is 3.11. The van der Waals surface area contributed by atoms with Crippen molar-refractivity contribution < 1.29 is 4.74 Å². The molecule has 1 aliphatic rings. The molecule has 3 aromatic heterocycles. The second-order valence-corrected chi connectivity index (χ2v) is 7.03. The number of rotatable bonds is 4. The van der Waals surface area contributed by atoms with Crippen LogP contribution in [0.25, 0.3) is 21.6 Å². The molecule has 0 unspecified atom stereocenters. The van der Waals surface area contributed by atoms with Gasteiger partial charge in [0.1, 0.15) is 4.70 Å². The van der Waals surface area contributed by atoms with Crippen molar-refractivity contribution in [2.45, 2.75) is 32.6 Å². The Labute approximate surface area is 139 Å². The molecule has 1 saturated carbocycles. The number of pyridine rings is 1. The van der Waals surface area contributed by atoms with E-state index in [1.807, 2.05) is 12.1 Å². The molecule has 0 radical (unpaired) electrons. The summed E-state index contributed by atoms with van der Waals surface area (Å²) in [4.78, 5) is 13.5. The van der Waals surface area contributed by atoms with Gasteiger partial charge in [0.05, 0.1) is 12.1 Å². The lowest BCUT2D eigenvalue weighted by molar-refractivity contribution is 0.247. The summed E-state index contributed by atoms with van der Waals surface area (Å²) in [7, 11) is 0. The summed E-state index contributed by atoms with van der Waals surface area (Å²) in [6, 6.07) is 3.87. The third kappa shape index (κ3) is 2.93. The highest BCUT2D eigenvalue weighted by molar-refractivity contribution is 7.17. The van der Waals surface area contributed by atoms with E-state index in [9.17, 15) is 0 Å². The van der Waals surface area contributed by atoms with Crippen LogP contribution in [0.2, 0.25) is 0 Å². The minimum atomic E-state index is 0.672. The van der Waals surface area contributed by atoms with E-state index in [0.29, 0.717) is 11.7 Å². The van der Waals surface area contributed by atoms with E-state index < -0.39 is 0 Å². The fraction of sp³-hybridized carbons (Fsp3) is 0.389. The molecule has 0 bridgehead atoms. The van der Waals surface area contributed by atoms with Crippen molar-refractivity contribution in [3.63, 3.8) is 0 Å². The Kier molecular flexibility index (Phi) is 3.95. The standard InChI is InChI=1S/C18H19N3OS/c1-12-11-23-16-15(12)20-17(14-6-8-19-9-7-14)21-18(16)22-10-13-4-2-3-5-13/h6-9,11,13H,2-5,10H2,1H3. The Morgan fingerprint density at radius 2 is 1.96 bits per heavy atom. The number of aromatic nitrogens is 3. The molecular formula is C18H19N3OS. The van der Waals surface area contributed by atoms with Crippen LogP contribution < -0.4 is 4.74 Å². The summed E-state index contributed by atoms with van der Waals surface area (Å²) < 4.78 is 7.18. The molecule has 1 aliphatic carbocycles. The van der Waals surface area contributed by atoms with Gasteiger partial charge < -0.3 is 4.74 Å². The van der Waals surface area contributed by atoms with Crippen LogP contribution in [0.5, 0.6) is 5.88 Å². The molecule has 4 nitrogen and oxygen atoms in total. The highest BCUT2D eigenvalue weighted by atomic mass is 32.1. The second-order valence-electron chi connectivity index (χ2n) is 6.15. The third-order valence-corrected chi connectivity index (χ3v) is 5.51. The Morgan fingerprint density at radius 3 is 2.74 bits per heavy atom. The first-order valence-electron chi connectivity index (χ1n) is 8.10. The van der Waals surface area contributed by atoms with Crippen LogP contribution in [0.15, 0.2) is 29.9 Å². The predicted octanol–water partition coefficient (Wildman–Crippen LogP) is 4.63. The molecule has 3 heterocycles. The third-order valence-electron chi connectivity index (χ3n) is 4.43. The highest BCUT2D eigenvalue weighted by Crippen LogP contribution is 2.34. The Bertz CT molecular complexity index is 810. The average molecular weight is 325 g/mol. The smallest absolute Gasteiger partial charge is 0.235 e. The first kappa shape index (κ1) is 14.6. The van der Waals surface area contributed by atoms with Gasteiger partial charge in [-0.1, -0.05) is 12.8 Å². The minimum absolute atomic E-state index is 0.672. The molecule has 0 amide bonds. The zero-order chi connectivity index (χ0) is 15.6. The second kappa shape index (κ2) is 6.24. The lowest BCUT2D eigenvalue weighted by Crippen LogP contribution is -2.09. The molecule has 0 saturated heterocycles. The molecule has 1 fully saturated rings. The molecule has 23 heavy (non-hydrogen) atoms. The van der Waals surface area contributed by atoms with Gasteiger partial charge in [-0.25, -0.2) is 4.98 Å². The van der Waals surface area contributed by atoms with Crippen LogP contribution in [0.1, 0.15) is 31.2 Å². The maximum absolute atomic E-state index is 6.12. The Morgan fingerprint density at radius 1 is 1.17 bits per heavy atom. The monoisotopic (exact) mass is 325 g/mol. The van der Waals surface area contributed by atoms with E-state index in [0.717, 1.165) is 28.3 Å². The maximum Gasteiger partial charge on any atom is 0.235 e. The van der Waals surface area contributed by atoms with Gasteiger partial charge in [0, 0.05) is 18.0 Å². The first-order valence-corrected chi connectivity index (χ1v) is 8.98. The van der Waals surface area contributed by atoms with E-state index in [4.69, 9.17) is 14.7 Å². The van der Waals surface area contributed by atoms with Gasteiger partial charge in [0.2, 0.25) is 5.88 Å². The Balaban J connectivity index is 1.72. The zero-order valence-corrected chi connectivity index (χ0v) is 14.0. The molecule has 0 aromatic carbocycles. The number of fused-ring (bicyclic) bond motifs is 1. The maximum atomic E-state index is 6.12. The summed E-state index contributed by atoms with van der Waals surface area (Å²) in [5.74, 6) is 2.11. The van der Waals surface area contributed by atoms with Crippen molar-refractivity contribution in [2.75, 3.05) is 6.61 Å². The fourth-order valence-corrected chi connectivity index (χ4v) is 4.04. The van der Waals surface area contributed by atoms with Crippen molar-refractivity contribution in [1.29, 1.82) is 0 Å². The van der Waals surface area contributed by atoms with Gasteiger partial charge in [0.25, 0.3) is 0 Å². The quantitative estimate of drug-likeness (QED) is 0.701. The number of nitrogens with zero attached hydrogens (tertiary/aromatic N) is 3. The molecular weight excluding hydrogens is 306 g/mol. The van der Waals surface area contributed by atoms with E-state index in [1.165, 1.54) is 31.2 Å². The molecule has 0 N–H and O–H groups in total. The van der Waals surface area contributed by atoms with Gasteiger partial charge in [-0.3, -0.25) is 4.98 Å². The zero-order valence-electron chi connectivity index (χ0n) is 13.2. The molecule has 4 rings (SSSR count). The molecule has 0 atom stereocenters. The number of ether oxygens (including phenoxy) is 1. The summed E-state index contributed by atoms with van der Waals surface area (Å²) in [5, 5.41) is 2.12. The molecule has 3 aromatic rings. The predicted molar refractivity (Wildman–Crippen MR) is 92.8 cm³/mol. The van der Waals surface area contributed by atoms with Crippen molar-refractivity contribution in [3.05, 3.63) is 35.5 Å². The first-order chi connectivity index (χ1) is 11.3. The van der Waals surface area contributed by atoms with E-state index in [2.05, 4.69) is 17.3 Å². The van der Waals surface area contributed by atoms with Gasteiger partial charge in [-0.05, 0) is 48.8 Å². The van der Waals surface area contributed by atoms with Crippen LogP contribution in [0.3, 0.4) is 0 Å². The van der Waals surface area contributed by atoms with Gasteiger partial charge in [-0.15, -0.1) is 11.3 Å². The molecule has 5 heteroatoms. The summed E-state index contributed by atoms with van der Waals surface area (Å²) in [5.41, 5.74) is 3.14. The topological polar surface area (TPSA) is 47.9 Å². The number of hydrogen-bond donors (Lipinski definition) is 0. The lowest BCUT2D eigenvalue weighted by Gasteiger charge is -2.12. The number of thiophene rings is 1. The normalized spacial score (nSPS) is 15.3. The molecule has 0 aliphatic heterocycles. The van der Waals surface area contributed by atoms with E-state index >= 15 is 0 Å². The molecule has 118 valence electrons.